The smallest absolute Gasteiger partial charge is 0.123 e. The van der Waals surface area contributed by atoms with Crippen LogP contribution in [-0.2, 0) is 6.16 Å². The summed E-state index contributed by atoms with van der Waals surface area (Å²) < 4.78 is 6.40. The monoisotopic (exact) mass is 450 g/mol. The van der Waals surface area contributed by atoms with Crippen LogP contribution in [0, 0.1) is 19.3 Å². The molecule has 0 bridgehead atoms. The molecule has 0 N–H and O–H groups in total. The molecular weight excluding hydrogens is 414 g/mol. The molecule has 3 heteroatoms. The van der Waals surface area contributed by atoms with E-state index in [1.165, 1.54) is 38.9 Å². The molecule has 31 heavy (non-hydrogen) atoms. The number of hydrogen-bond donors (Lipinski definition) is 0. The quantitative estimate of drug-likeness (QED) is 0.300. The van der Waals surface area contributed by atoms with E-state index in [2.05, 4.69) is 107 Å². The summed E-state index contributed by atoms with van der Waals surface area (Å²) in [6, 6.07) is 22.2. The first-order valence-electron chi connectivity index (χ1n) is 11.3. The van der Waals surface area contributed by atoms with Crippen molar-refractivity contribution in [3.8, 4) is 28.0 Å². The zero-order chi connectivity index (χ0) is 22.4. The van der Waals surface area contributed by atoms with Crippen molar-refractivity contribution in [2.24, 2.45) is 5.41 Å². The molecule has 164 valence electrons. The topological polar surface area (TPSA) is 9.23 Å². The highest BCUT2D eigenvalue weighted by atomic mass is 31.0. The first-order valence-corrected chi connectivity index (χ1v) is 12.9. The van der Waals surface area contributed by atoms with Gasteiger partial charge in [0.1, 0.15) is 5.75 Å². The Kier molecular flexibility index (Phi) is 8.32. The molecule has 0 saturated heterocycles. The van der Waals surface area contributed by atoms with Crippen molar-refractivity contribution in [1.82, 2.24) is 0 Å². The van der Waals surface area contributed by atoms with Crippen LogP contribution in [0.15, 0.2) is 60.7 Å². The predicted octanol–water partition coefficient (Wildman–Crippen LogP) is 8.07. The highest BCUT2D eigenvalue weighted by Gasteiger charge is 2.25. The average molecular weight is 451 g/mol. The van der Waals surface area contributed by atoms with Crippen molar-refractivity contribution in [2.75, 3.05) is 12.8 Å². The molecule has 1 nitrogen and oxygen atoms in total. The molecule has 3 aromatic carbocycles. The van der Waals surface area contributed by atoms with Crippen LogP contribution in [0.1, 0.15) is 43.4 Å². The summed E-state index contributed by atoms with van der Waals surface area (Å²) in [5.41, 5.74) is 9.07. The average Bonchev–Trinajstić information content (AvgIpc) is 2.81. The zero-order valence-electron chi connectivity index (χ0n) is 19.4. The summed E-state index contributed by atoms with van der Waals surface area (Å²) in [6.45, 7) is 9.61. The van der Waals surface area contributed by atoms with E-state index in [9.17, 15) is 0 Å². The fourth-order valence-corrected chi connectivity index (χ4v) is 4.97. The van der Waals surface area contributed by atoms with Crippen molar-refractivity contribution in [2.45, 2.75) is 46.7 Å². The van der Waals surface area contributed by atoms with Gasteiger partial charge < -0.3 is 4.74 Å². The van der Waals surface area contributed by atoms with Gasteiger partial charge in [-0.25, -0.2) is 0 Å². The number of aryl methyl sites for hydroxylation is 2. The lowest BCUT2D eigenvalue weighted by molar-refractivity contribution is 0.155. The van der Waals surface area contributed by atoms with E-state index in [1.807, 2.05) is 0 Å². The molecule has 0 aliphatic heterocycles. The van der Waals surface area contributed by atoms with Gasteiger partial charge in [-0.3, -0.25) is 0 Å². The molecule has 0 radical (unpaired) electrons. The Bertz CT molecular complexity index is 979. The largest absolute Gasteiger partial charge is 0.493 e. The molecule has 3 aromatic rings. The van der Waals surface area contributed by atoms with Gasteiger partial charge in [-0.2, -0.15) is 0 Å². The third-order valence-corrected chi connectivity index (χ3v) is 7.98. The van der Waals surface area contributed by atoms with Gasteiger partial charge in [0, 0.05) is 5.41 Å². The van der Waals surface area contributed by atoms with Crippen LogP contribution in [-0.4, -0.2) is 12.8 Å². The third kappa shape index (κ3) is 5.58. The maximum Gasteiger partial charge on any atom is 0.123 e. The molecule has 0 aromatic heterocycles. The van der Waals surface area contributed by atoms with E-state index in [1.54, 1.807) is 0 Å². The van der Waals surface area contributed by atoms with E-state index in [0.717, 1.165) is 37.5 Å². The Morgan fingerprint density at radius 1 is 0.774 bits per heavy atom. The molecule has 2 atom stereocenters. The van der Waals surface area contributed by atoms with Gasteiger partial charge in [0.25, 0.3) is 0 Å². The fourth-order valence-electron chi connectivity index (χ4n) is 3.95. The minimum absolute atomic E-state index is 0.237. The SMILES string of the molecule is CCC(CC)(CP)COc1cc(C)c(-c2ccc(-c3ccc(C)cc3)cc2)cc1CP. The lowest BCUT2D eigenvalue weighted by atomic mass is 9.85. The van der Waals surface area contributed by atoms with Gasteiger partial charge in [-0.15, -0.1) is 18.5 Å². The number of ether oxygens (including phenoxy) is 1. The zero-order valence-corrected chi connectivity index (χ0v) is 21.7. The maximum absolute atomic E-state index is 6.40. The summed E-state index contributed by atoms with van der Waals surface area (Å²) >= 11 is 0. The summed E-state index contributed by atoms with van der Waals surface area (Å²) in [6.07, 6.45) is 4.22. The number of rotatable bonds is 9. The summed E-state index contributed by atoms with van der Waals surface area (Å²) in [7, 11) is 5.77. The van der Waals surface area contributed by atoms with Gasteiger partial charge in [-0.05, 0) is 84.5 Å². The third-order valence-electron chi connectivity index (χ3n) is 6.68. The molecule has 0 fully saturated rings. The summed E-state index contributed by atoms with van der Waals surface area (Å²) in [4.78, 5) is 0. The van der Waals surface area contributed by atoms with Crippen molar-refractivity contribution in [1.29, 1.82) is 0 Å². The molecular formula is C28H36OP2. The fraction of sp³-hybridized carbons (Fsp3) is 0.357. The van der Waals surface area contributed by atoms with Crippen molar-refractivity contribution >= 4 is 18.5 Å². The maximum atomic E-state index is 6.40. The van der Waals surface area contributed by atoms with E-state index >= 15 is 0 Å². The minimum atomic E-state index is 0.237. The van der Waals surface area contributed by atoms with Crippen molar-refractivity contribution in [3.05, 3.63) is 77.4 Å². The first-order chi connectivity index (χ1) is 14.9. The van der Waals surface area contributed by atoms with Crippen molar-refractivity contribution < 1.29 is 4.74 Å². The standard InChI is InChI=1S/C28H36OP2/c1-5-28(6-2,19-31)18-29-27-15-21(4)26(16-25(27)17-30)24-13-11-23(12-14-24)22-9-7-20(3)8-10-22/h7-16H,5-6,17-19,30-31H2,1-4H3. The highest BCUT2D eigenvalue weighted by molar-refractivity contribution is 7.16. The Morgan fingerprint density at radius 2 is 1.32 bits per heavy atom. The lowest BCUT2D eigenvalue weighted by Gasteiger charge is -2.30. The first kappa shape index (κ1) is 24.0. The summed E-state index contributed by atoms with van der Waals surface area (Å²) in [5, 5.41) is 0. The molecule has 0 saturated carbocycles. The van der Waals surface area contributed by atoms with Crippen LogP contribution in [0.2, 0.25) is 0 Å². The van der Waals surface area contributed by atoms with Gasteiger partial charge in [-0.1, -0.05) is 67.9 Å². The second-order valence-electron chi connectivity index (χ2n) is 8.62. The molecule has 0 amide bonds. The molecule has 0 aliphatic carbocycles. The number of benzene rings is 3. The van der Waals surface area contributed by atoms with Gasteiger partial charge in [0.15, 0.2) is 0 Å². The van der Waals surface area contributed by atoms with Gasteiger partial charge >= 0.3 is 0 Å². The minimum Gasteiger partial charge on any atom is -0.493 e. The second-order valence-corrected chi connectivity index (χ2v) is 9.44. The van der Waals surface area contributed by atoms with Crippen LogP contribution in [0.4, 0.5) is 0 Å². The predicted molar refractivity (Wildman–Crippen MR) is 143 cm³/mol. The number of hydrogen-bond acceptors (Lipinski definition) is 1. The summed E-state index contributed by atoms with van der Waals surface area (Å²) in [5.74, 6) is 1.03. The van der Waals surface area contributed by atoms with Crippen LogP contribution >= 0.6 is 18.5 Å². The Balaban J connectivity index is 1.86. The highest BCUT2D eigenvalue weighted by Crippen LogP contribution is 2.35. The van der Waals surface area contributed by atoms with E-state index < -0.39 is 0 Å². The van der Waals surface area contributed by atoms with Gasteiger partial charge in [0.2, 0.25) is 0 Å². The van der Waals surface area contributed by atoms with E-state index in [4.69, 9.17) is 4.74 Å². The molecule has 2 unspecified atom stereocenters. The molecule has 3 rings (SSSR count). The van der Waals surface area contributed by atoms with Gasteiger partial charge in [0.05, 0.1) is 6.61 Å². The lowest BCUT2D eigenvalue weighted by Crippen LogP contribution is -2.29. The Labute approximate surface area is 193 Å². The van der Waals surface area contributed by atoms with E-state index in [-0.39, 0.29) is 5.41 Å². The molecule has 0 spiro atoms. The Hall–Kier alpha value is -1.68. The molecule has 0 heterocycles. The van der Waals surface area contributed by atoms with Crippen molar-refractivity contribution in [3.63, 3.8) is 0 Å². The van der Waals surface area contributed by atoms with Crippen LogP contribution in [0.25, 0.3) is 22.3 Å². The molecule has 0 aliphatic rings. The Morgan fingerprint density at radius 3 is 1.84 bits per heavy atom. The second kappa shape index (κ2) is 10.8. The van der Waals surface area contributed by atoms with E-state index in [0.29, 0.717) is 0 Å². The normalized spacial score (nSPS) is 11.5. The van der Waals surface area contributed by atoms with Crippen LogP contribution < -0.4 is 4.74 Å². The van der Waals surface area contributed by atoms with Crippen LogP contribution in [0.3, 0.4) is 0 Å². The van der Waals surface area contributed by atoms with Crippen LogP contribution in [0.5, 0.6) is 5.75 Å².